The number of rotatable bonds is 5. The van der Waals surface area contributed by atoms with Crippen LogP contribution in [0.5, 0.6) is 0 Å². The van der Waals surface area contributed by atoms with E-state index in [4.69, 9.17) is 0 Å². The highest BCUT2D eigenvalue weighted by atomic mass is 19.1. The van der Waals surface area contributed by atoms with Crippen molar-refractivity contribution in [3.8, 4) is 5.69 Å². The molecule has 0 fully saturated rings. The molecule has 7 heteroatoms. The average molecular weight is 368 g/mol. The second-order valence-corrected chi connectivity index (χ2v) is 6.39. The molecule has 27 heavy (non-hydrogen) atoms. The number of carbonyl (C=O) groups is 1. The zero-order chi connectivity index (χ0) is 19.6. The standard InChI is InChI=1S/C20H21FN4O2/c1-13-8-10-25(17-6-4-16(21)5-7-17)20(27)18(13)19(26)22-9-11-24-12-23-14(2)15(24)3/h4-8,10,12H,9,11H2,1-3H3,(H,22,26). The van der Waals surface area contributed by atoms with E-state index in [1.807, 2.05) is 18.4 Å². The first-order valence-corrected chi connectivity index (χ1v) is 8.63. The zero-order valence-corrected chi connectivity index (χ0v) is 15.5. The monoisotopic (exact) mass is 368 g/mol. The third-order valence-electron chi connectivity index (χ3n) is 4.62. The Morgan fingerprint density at radius 1 is 1.15 bits per heavy atom. The van der Waals surface area contributed by atoms with Crippen molar-refractivity contribution in [1.82, 2.24) is 19.4 Å². The van der Waals surface area contributed by atoms with Crippen molar-refractivity contribution in [2.75, 3.05) is 6.54 Å². The molecular weight excluding hydrogens is 347 g/mol. The Labute approximate surface area is 156 Å². The third kappa shape index (κ3) is 3.81. The molecule has 0 aliphatic rings. The largest absolute Gasteiger partial charge is 0.350 e. The van der Waals surface area contributed by atoms with Gasteiger partial charge in [-0.25, -0.2) is 9.37 Å². The number of aryl methyl sites for hydroxylation is 2. The van der Waals surface area contributed by atoms with E-state index >= 15 is 0 Å². The summed E-state index contributed by atoms with van der Waals surface area (Å²) in [5.41, 5.74) is 2.72. The van der Waals surface area contributed by atoms with Crippen molar-refractivity contribution in [1.29, 1.82) is 0 Å². The predicted octanol–water partition coefficient (Wildman–Crippen LogP) is 2.53. The summed E-state index contributed by atoms with van der Waals surface area (Å²) in [4.78, 5) is 29.6. The Morgan fingerprint density at radius 2 is 1.85 bits per heavy atom. The van der Waals surface area contributed by atoms with Crippen LogP contribution in [0.15, 0.2) is 47.7 Å². The first kappa shape index (κ1) is 18.6. The Morgan fingerprint density at radius 3 is 2.48 bits per heavy atom. The number of hydrogen-bond acceptors (Lipinski definition) is 3. The summed E-state index contributed by atoms with van der Waals surface area (Å²) in [6, 6.07) is 7.24. The van der Waals surface area contributed by atoms with Crippen LogP contribution in [0.4, 0.5) is 4.39 Å². The highest BCUT2D eigenvalue weighted by Crippen LogP contribution is 2.10. The molecule has 0 aliphatic heterocycles. The summed E-state index contributed by atoms with van der Waals surface area (Å²) < 4.78 is 16.4. The molecule has 0 saturated carbocycles. The molecule has 2 aromatic heterocycles. The molecule has 140 valence electrons. The van der Waals surface area contributed by atoms with Crippen molar-refractivity contribution in [3.63, 3.8) is 0 Å². The lowest BCUT2D eigenvalue weighted by Crippen LogP contribution is -2.35. The summed E-state index contributed by atoms with van der Waals surface area (Å²) in [7, 11) is 0. The summed E-state index contributed by atoms with van der Waals surface area (Å²) in [6.07, 6.45) is 3.31. The zero-order valence-electron chi connectivity index (χ0n) is 15.5. The van der Waals surface area contributed by atoms with E-state index in [9.17, 15) is 14.0 Å². The maximum atomic E-state index is 13.1. The molecule has 3 rings (SSSR count). The number of amides is 1. The van der Waals surface area contributed by atoms with Gasteiger partial charge >= 0.3 is 0 Å². The minimum atomic E-state index is -0.436. The highest BCUT2D eigenvalue weighted by molar-refractivity contribution is 5.95. The first-order chi connectivity index (χ1) is 12.9. The van der Waals surface area contributed by atoms with Crippen molar-refractivity contribution < 1.29 is 9.18 Å². The second-order valence-electron chi connectivity index (χ2n) is 6.39. The quantitative estimate of drug-likeness (QED) is 0.752. The molecule has 0 spiro atoms. The van der Waals surface area contributed by atoms with Gasteiger partial charge in [0.15, 0.2) is 0 Å². The molecule has 0 radical (unpaired) electrons. The van der Waals surface area contributed by atoms with Gasteiger partial charge in [-0.1, -0.05) is 0 Å². The van der Waals surface area contributed by atoms with Crippen LogP contribution in [0.2, 0.25) is 0 Å². The molecule has 6 nitrogen and oxygen atoms in total. The van der Waals surface area contributed by atoms with Crippen LogP contribution in [-0.4, -0.2) is 26.6 Å². The van der Waals surface area contributed by atoms with Crippen LogP contribution in [0.25, 0.3) is 5.69 Å². The Kier molecular flexibility index (Phi) is 5.21. The number of hydrogen-bond donors (Lipinski definition) is 1. The van der Waals surface area contributed by atoms with Gasteiger partial charge in [0.25, 0.3) is 11.5 Å². The van der Waals surface area contributed by atoms with Crippen LogP contribution >= 0.6 is 0 Å². The van der Waals surface area contributed by atoms with E-state index < -0.39 is 11.5 Å². The molecule has 3 aromatic rings. The van der Waals surface area contributed by atoms with Gasteiger partial charge in [0, 0.05) is 30.7 Å². The van der Waals surface area contributed by atoms with Crippen molar-refractivity contribution in [2.24, 2.45) is 0 Å². The molecule has 0 saturated heterocycles. The number of imidazole rings is 1. The molecule has 1 amide bonds. The molecule has 0 unspecified atom stereocenters. The lowest BCUT2D eigenvalue weighted by Gasteiger charge is -2.12. The summed E-state index contributed by atoms with van der Waals surface area (Å²) in [5.74, 6) is -0.814. The van der Waals surface area contributed by atoms with Crippen molar-refractivity contribution in [2.45, 2.75) is 27.3 Å². The number of pyridine rings is 1. The second kappa shape index (κ2) is 7.57. The Hall–Kier alpha value is -3.22. The van der Waals surface area contributed by atoms with Gasteiger partial charge in [0.05, 0.1) is 12.0 Å². The predicted molar refractivity (Wildman–Crippen MR) is 101 cm³/mol. The Balaban J connectivity index is 1.80. The lowest BCUT2D eigenvalue weighted by atomic mass is 10.1. The molecule has 1 N–H and O–H groups in total. The van der Waals surface area contributed by atoms with Gasteiger partial charge < -0.3 is 9.88 Å². The minimum Gasteiger partial charge on any atom is -0.350 e. The summed E-state index contributed by atoms with van der Waals surface area (Å²) in [6.45, 7) is 6.55. The third-order valence-corrected chi connectivity index (χ3v) is 4.62. The fourth-order valence-electron chi connectivity index (χ4n) is 2.86. The number of nitrogens with one attached hydrogen (secondary N) is 1. The normalized spacial score (nSPS) is 10.8. The van der Waals surface area contributed by atoms with Crippen LogP contribution < -0.4 is 10.9 Å². The molecule has 2 heterocycles. The van der Waals surface area contributed by atoms with Crippen LogP contribution in [0, 0.1) is 26.6 Å². The molecule has 1 aromatic carbocycles. The fourth-order valence-corrected chi connectivity index (χ4v) is 2.86. The smallest absolute Gasteiger partial charge is 0.268 e. The number of nitrogens with zero attached hydrogens (tertiary/aromatic N) is 3. The van der Waals surface area contributed by atoms with E-state index in [0.29, 0.717) is 24.3 Å². The van der Waals surface area contributed by atoms with Crippen molar-refractivity contribution >= 4 is 5.91 Å². The molecule has 0 aliphatic carbocycles. The lowest BCUT2D eigenvalue weighted by molar-refractivity contribution is 0.0949. The summed E-state index contributed by atoms with van der Waals surface area (Å²) in [5, 5.41) is 2.79. The van der Waals surface area contributed by atoms with Crippen LogP contribution in [0.3, 0.4) is 0 Å². The maximum absolute atomic E-state index is 13.1. The molecule has 0 atom stereocenters. The fraction of sp³-hybridized carbons (Fsp3) is 0.250. The van der Waals surface area contributed by atoms with Crippen LogP contribution in [0.1, 0.15) is 27.3 Å². The van der Waals surface area contributed by atoms with Gasteiger partial charge in [0.1, 0.15) is 11.4 Å². The van der Waals surface area contributed by atoms with E-state index in [1.165, 1.54) is 28.8 Å². The molecule has 0 bridgehead atoms. The SMILES string of the molecule is Cc1ccn(-c2ccc(F)cc2)c(=O)c1C(=O)NCCn1cnc(C)c1C. The average Bonchev–Trinajstić information content (AvgIpc) is 2.95. The Bertz CT molecular complexity index is 1040. The van der Waals surface area contributed by atoms with Crippen LogP contribution in [-0.2, 0) is 6.54 Å². The first-order valence-electron chi connectivity index (χ1n) is 8.63. The van der Waals surface area contributed by atoms with E-state index in [-0.39, 0.29) is 11.4 Å². The van der Waals surface area contributed by atoms with Gasteiger partial charge in [-0.2, -0.15) is 0 Å². The van der Waals surface area contributed by atoms with Gasteiger partial charge in [-0.3, -0.25) is 14.2 Å². The summed E-state index contributed by atoms with van der Waals surface area (Å²) >= 11 is 0. The topological polar surface area (TPSA) is 68.9 Å². The van der Waals surface area contributed by atoms with Gasteiger partial charge in [-0.15, -0.1) is 0 Å². The van der Waals surface area contributed by atoms with E-state index in [1.54, 1.807) is 25.5 Å². The maximum Gasteiger partial charge on any atom is 0.268 e. The number of benzene rings is 1. The number of aromatic nitrogens is 3. The van der Waals surface area contributed by atoms with E-state index in [2.05, 4.69) is 10.3 Å². The van der Waals surface area contributed by atoms with Gasteiger partial charge in [0.2, 0.25) is 0 Å². The molecular formula is C20H21FN4O2. The van der Waals surface area contributed by atoms with Crippen molar-refractivity contribution in [3.05, 3.63) is 81.5 Å². The number of carbonyl (C=O) groups excluding carboxylic acids is 1. The van der Waals surface area contributed by atoms with Gasteiger partial charge in [-0.05, 0) is 56.7 Å². The number of halogens is 1. The minimum absolute atomic E-state index is 0.0837. The highest BCUT2D eigenvalue weighted by Gasteiger charge is 2.16. The van der Waals surface area contributed by atoms with E-state index in [0.717, 1.165) is 11.4 Å².